The number of rotatable bonds is 5. The number of nitrogens with zero attached hydrogens (tertiary/aromatic N) is 5. The number of aromatic nitrogens is 2. The predicted octanol–water partition coefficient (Wildman–Crippen LogP) is 2.38. The maximum Gasteiger partial charge on any atom is 0.230 e. The first kappa shape index (κ1) is 20.7. The Kier molecular flexibility index (Phi) is 6.62. The number of hydrogen-bond donors (Lipinski definition) is 1. The van der Waals surface area contributed by atoms with Gasteiger partial charge in [0.05, 0.1) is 24.3 Å². The molecule has 2 unspecified atom stereocenters. The second kappa shape index (κ2) is 8.97. The number of amides is 1. The Morgan fingerprint density at radius 2 is 2.11 bits per heavy atom. The van der Waals surface area contributed by atoms with E-state index in [4.69, 9.17) is 4.99 Å². The van der Waals surface area contributed by atoms with Gasteiger partial charge in [-0.1, -0.05) is 19.8 Å². The average molecular weight is 389 g/mol. The summed E-state index contributed by atoms with van der Waals surface area (Å²) in [5.74, 6) is 1.77. The summed E-state index contributed by atoms with van der Waals surface area (Å²) in [6.07, 6.45) is 11.1. The van der Waals surface area contributed by atoms with Crippen LogP contribution in [0.2, 0.25) is 0 Å². The highest BCUT2D eigenvalue weighted by atomic mass is 16.2. The van der Waals surface area contributed by atoms with Crippen LogP contribution in [0.15, 0.2) is 23.7 Å². The van der Waals surface area contributed by atoms with Crippen LogP contribution >= 0.6 is 0 Å². The van der Waals surface area contributed by atoms with Gasteiger partial charge in [0.15, 0.2) is 5.96 Å². The molecule has 156 valence electrons. The van der Waals surface area contributed by atoms with Crippen LogP contribution in [0, 0.1) is 11.3 Å². The van der Waals surface area contributed by atoms with Crippen LogP contribution in [0.5, 0.6) is 0 Å². The van der Waals surface area contributed by atoms with Crippen molar-refractivity contribution in [2.75, 3.05) is 40.3 Å². The minimum absolute atomic E-state index is 0.230. The summed E-state index contributed by atoms with van der Waals surface area (Å²) >= 11 is 0. The first-order chi connectivity index (χ1) is 13.5. The van der Waals surface area contributed by atoms with Crippen molar-refractivity contribution in [3.63, 3.8) is 0 Å². The minimum atomic E-state index is -0.322. The lowest BCUT2D eigenvalue weighted by atomic mass is 9.84. The zero-order valence-electron chi connectivity index (χ0n) is 17.9. The summed E-state index contributed by atoms with van der Waals surface area (Å²) in [5, 5.41) is 3.47. The molecule has 1 saturated carbocycles. The van der Waals surface area contributed by atoms with E-state index in [0.29, 0.717) is 18.5 Å². The topological polar surface area (TPSA) is 65.8 Å². The normalized spacial score (nSPS) is 25.0. The van der Waals surface area contributed by atoms with E-state index in [1.165, 1.54) is 0 Å². The van der Waals surface area contributed by atoms with Crippen molar-refractivity contribution in [1.82, 2.24) is 24.7 Å². The standard InChI is InChI=1S/C21H36N6O/c1-5-23-20(24-15-21(9-6-7-10-21)19(28)25(3)4)26-12-8-17(2)18(14-26)27-13-11-22-16-27/h11,13,16-18H,5-10,12,14-15H2,1-4H3,(H,23,24). The molecular formula is C21H36N6O. The van der Waals surface area contributed by atoms with E-state index in [1.807, 2.05) is 26.6 Å². The summed E-state index contributed by atoms with van der Waals surface area (Å²) < 4.78 is 2.22. The number of nitrogens with one attached hydrogen (secondary N) is 1. The molecule has 0 radical (unpaired) electrons. The lowest BCUT2D eigenvalue weighted by molar-refractivity contribution is -0.138. The van der Waals surface area contributed by atoms with Gasteiger partial charge in [-0.25, -0.2) is 4.98 Å². The number of imidazole rings is 1. The lowest BCUT2D eigenvalue weighted by Gasteiger charge is -2.39. The Morgan fingerprint density at radius 3 is 2.71 bits per heavy atom. The van der Waals surface area contributed by atoms with Crippen molar-refractivity contribution < 1.29 is 4.79 Å². The summed E-state index contributed by atoms with van der Waals surface area (Å²) in [5.41, 5.74) is -0.322. The Labute approximate surface area is 169 Å². The highest BCUT2D eigenvalue weighted by Crippen LogP contribution is 2.40. The molecule has 7 heteroatoms. The predicted molar refractivity (Wildman–Crippen MR) is 112 cm³/mol. The Morgan fingerprint density at radius 1 is 1.36 bits per heavy atom. The van der Waals surface area contributed by atoms with Crippen LogP contribution in [0.3, 0.4) is 0 Å². The molecule has 2 heterocycles. The molecule has 7 nitrogen and oxygen atoms in total. The molecule has 28 heavy (non-hydrogen) atoms. The van der Waals surface area contributed by atoms with Crippen molar-refractivity contribution in [3.05, 3.63) is 18.7 Å². The fraction of sp³-hybridized carbons (Fsp3) is 0.762. The maximum atomic E-state index is 12.9. The second-order valence-corrected chi connectivity index (χ2v) is 8.65. The van der Waals surface area contributed by atoms with Gasteiger partial charge in [-0.2, -0.15) is 0 Å². The van der Waals surface area contributed by atoms with Crippen molar-refractivity contribution in [2.45, 2.75) is 52.0 Å². The number of hydrogen-bond acceptors (Lipinski definition) is 3. The summed E-state index contributed by atoms with van der Waals surface area (Å²) in [6.45, 7) is 7.73. The van der Waals surface area contributed by atoms with Crippen LogP contribution < -0.4 is 5.32 Å². The number of guanidine groups is 1. The molecule has 0 aromatic carbocycles. The molecule has 0 spiro atoms. The molecule has 0 bridgehead atoms. The fourth-order valence-electron chi connectivity index (χ4n) is 4.71. The van der Waals surface area contributed by atoms with Crippen molar-refractivity contribution in [3.8, 4) is 0 Å². The molecule has 1 N–H and O–H groups in total. The highest BCUT2D eigenvalue weighted by molar-refractivity contribution is 5.84. The summed E-state index contributed by atoms with van der Waals surface area (Å²) in [7, 11) is 3.72. The number of aliphatic imine (C=N–C) groups is 1. The molecule has 3 rings (SSSR count). The van der Waals surface area contributed by atoms with Crippen LogP contribution in [0.4, 0.5) is 0 Å². The third-order valence-electron chi connectivity index (χ3n) is 6.41. The molecule has 1 aromatic rings. The van der Waals surface area contributed by atoms with Crippen molar-refractivity contribution in [2.24, 2.45) is 16.3 Å². The Bertz CT molecular complexity index is 662. The van der Waals surface area contributed by atoms with Gasteiger partial charge in [-0.15, -0.1) is 0 Å². The quantitative estimate of drug-likeness (QED) is 0.621. The number of likely N-dealkylation sites (tertiary alicyclic amines) is 1. The first-order valence-corrected chi connectivity index (χ1v) is 10.7. The summed E-state index contributed by atoms with van der Waals surface area (Å²) in [4.78, 5) is 26.2. The number of piperidine rings is 1. The van der Waals surface area contributed by atoms with Gasteiger partial charge in [-0.3, -0.25) is 9.79 Å². The van der Waals surface area contributed by atoms with E-state index >= 15 is 0 Å². The second-order valence-electron chi connectivity index (χ2n) is 8.65. The Hall–Kier alpha value is -2.05. The third kappa shape index (κ3) is 4.33. The molecule has 1 amide bonds. The van der Waals surface area contributed by atoms with E-state index in [0.717, 1.165) is 57.7 Å². The number of carbonyl (C=O) groups is 1. The van der Waals surface area contributed by atoms with Gasteiger partial charge in [0.2, 0.25) is 5.91 Å². The molecule has 2 atom stereocenters. The minimum Gasteiger partial charge on any atom is -0.357 e. The lowest BCUT2D eigenvalue weighted by Crippen LogP contribution is -2.49. The zero-order valence-corrected chi connectivity index (χ0v) is 17.9. The Balaban J connectivity index is 1.77. The fourth-order valence-corrected chi connectivity index (χ4v) is 4.71. The van der Waals surface area contributed by atoms with E-state index in [9.17, 15) is 4.79 Å². The van der Waals surface area contributed by atoms with Gasteiger partial charge in [-0.05, 0) is 32.1 Å². The van der Waals surface area contributed by atoms with Gasteiger partial charge >= 0.3 is 0 Å². The van der Waals surface area contributed by atoms with Gasteiger partial charge in [0.25, 0.3) is 0 Å². The smallest absolute Gasteiger partial charge is 0.230 e. The van der Waals surface area contributed by atoms with Crippen LogP contribution in [0.25, 0.3) is 0 Å². The average Bonchev–Trinajstić information content (AvgIpc) is 3.37. The summed E-state index contributed by atoms with van der Waals surface area (Å²) in [6, 6.07) is 0.393. The third-order valence-corrected chi connectivity index (χ3v) is 6.41. The van der Waals surface area contributed by atoms with Gasteiger partial charge < -0.3 is 19.7 Å². The molecule has 2 aliphatic rings. The van der Waals surface area contributed by atoms with Crippen LogP contribution in [0.1, 0.15) is 52.0 Å². The van der Waals surface area contributed by atoms with Crippen LogP contribution in [-0.2, 0) is 4.79 Å². The van der Waals surface area contributed by atoms with E-state index in [1.54, 1.807) is 4.90 Å². The maximum absolute atomic E-state index is 12.9. The van der Waals surface area contributed by atoms with Crippen LogP contribution in [-0.4, -0.2) is 71.5 Å². The molecule has 1 saturated heterocycles. The molecule has 1 aliphatic carbocycles. The van der Waals surface area contributed by atoms with E-state index < -0.39 is 0 Å². The van der Waals surface area contributed by atoms with E-state index in [-0.39, 0.29) is 11.3 Å². The molecular weight excluding hydrogens is 352 g/mol. The van der Waals surface area contributed by atoms with Gasteiger partial charge in [0.1, 0.15) is 0 Å². The highest BCUT2D eigenvalue weighted by Gasteiger charge is 2.42. The van der Waals surface area contributed by atoms with Gasteiger partial charge in [0, 0.05) is 46.1 Å². The van der Waals surface area contributed by atoms with E-state index in [2.05, 4.69) is 39.8 Å². The monoisotopic (exact) mass is 388 g/mol. The van der Waals surface area contributed by atoms with Crippen molar-refractivity contribution in [1.29, 1.82) is 0 Å². The van der Waals surface area contributed by atoms with Crippen molar-refractivity contribution >= 4 is 11.9 Å². The zero-order chi connectivity index (χ0) is 20.1. The molecule has 1 aromatic heterocycles. The number of carbonyl (C=O) groups excluding carboxylic acids is 1. The molecule has 2 fully saturated rings. The SMILES string of the molecule is CCNC(=NCC1(C(=O)N(C)C)CCCC1)N1CCC(C)C(n2ccnc2)C1. The molecule has 1 aliphatic heterocycles. The largest absolute Gasteiger partial charge is 0.357 e. The first-order valence-electron chi connectivity index (χ1n) is 10.7.